The number of nitrogens with zero attached hydrogens (tertiary/aromatic N) is 2. The first-order valence-corrected chi connectivity index (χ1v) is 7.96. The SMILES string of the molecule is CN(CC1CC1)C(=O)C1CCCN1S(C)(=O)=O. The minimum Gasteiger partial charge on any atom is -0.344 e. The van der Waals surface area contributed by atoms with Gasteiger partial charge in [0.05, 0.1) is 6.26 Å². The van der Waals surface area contributed by atoms with E-state index in [4.69, 9.17) is 0 Å². The number of likely N-dealkylation sites (N-methyl/N-ethyl adjacent to an activating group) is 1. The van der Waals surface area contributed by atoms with Gasteiger partial charge in [0, 0.05) is 20.1 Å². The lowest BCUT2D eigenvalue weighted by molar-refractivity contribution is -0.133. The predicted octanol–water partition coefficient (Wildman–Crippen LogP) is 0.279. The summed E-state index contributed by atoms with van der Waals surface area (Å²) in [5, 5.41) is 0. The average Bonchev–Trinajstić information content (AvgIpc) is 2.89. The quantitative estimate of drug-likeness (QED) is 0.729. The smallest absolute Gasteiger partial charge is 0.240 e. The maximum atomic E-state index is 12.2. The molecule has 2 rings (SSSR count). The molecule has 0 radical (unpaired) electrons. The number of carbonyl (C=O) groups excluding carboxylic acids is 1. The molecule has 0 aromatic heterocycles. The van der Waals surface area contributed by atoms with E-state index in [2.05, 4.69) is 0 Å². The van der Waals surface area contributed by atoms with E-state index in [0.29, 0.717) is 18.9 Å². The van der Waals surface area contributed by atoms with Gasteiger partial charge in [-0.15, -0.1) is 0 Å². The van der Waals surface area contributed by atoms with Gasteiger partial charge < -0.3 is 4.90 Å². The van der Waals surface area contributed by atoms with Crippen molar-refractivity contribution >= 4 is 15.9 Å². The van der Waals surface area contributed by atoms with Crippen LogP contribution in [0.1, 0.15) is 25.7 Å². The highest BCUT2D eigenvalue weighted by Crippen LogP contribution is 2.30. The van der Waals surface area contributed by atoms with E-state index in [9.17, 15) is 13.2 Å². The van der Waals surface area contributed by atoms with Crippen LogP contribution in [-0.4, -0.2) is 56.0 Å². The van der Waals surface area contributed by atoms with Gasteiger partial charge in [0.15, 0.2) is 0 Å². The lowest BCUT2D eigenvalue weighted by atomic mass is 10.2. The lowest BCUT2D eigenvalue weighted by Gasteiger charge is -2.26. The van der Waals surface area contributed by atoms with Crippen molar-refractivity contribution in [3.8, 4) is 0 Å². The van der Waals surface area contributed by atoms with Gasteiger partial charge in [-0.2, -0.15) is 4.31 Å². The highest BCUT2D eigenvalue weighted by Gasteiger charge is 2.38. The molecule has 2 fully saturated rings. The molecule has 5 nitrogen and oxygen atoms in total. The van der Waals surface area contributed by atoms with Gasteiger partial charge in [0.1, 0.15) is 6.04 Å². The van der Waals surface area contributed by atoms with Crippen LogP contribution in [0.15, 0.2) is 0 Å². The first kappa shape index (κ1) is 12.8. The Balaban J connectivity index is 2.02. The van der Waals surface area contributed by atoms with Crippen molar-refractivity contribution in [2.75, 3.05) is 26.4 Å². The second-order valence-corrected chi connectivity index (χ2v) is 7.13. The lowest BCUT2D eigenvalue weighted by Crippen LogP contribution is -2.46. The van der Waals surface area contributed by atoms with E-state index in [1.165, 1.54) is 23.4 Å². The number of amides is 1. The van der Waals surface area contributed by atoms with E-state index in [-0.39, 0.29) is 5.91 Å². The second-order valence-electron chi connectivity index (χ2n) is 5.19. The standard InChI is InChI=1S/C11H20N2O3S/c1-12(8-9-5-6-9)11(14)10-4-3-7-13(10)17(2,15)16/h9-10H,3-8H2,1-2H3. The number of carbonyl (C=O) groups is 1. The first-order valence-electron chi connectivity index (χ1n) is 6.11. The van der Waals surface area contributed by atoms with E-state index < -0.39 is 16.1 Å². The molecule has 0 aromatic rings. The summed E-state index contributed by atoms with van der Waals surface area (Å²) in [5.41, 5.74) is 0. The molecule has 0 N–H and O–H groups in total. The minimum absolute atomic E-state index is 0.0418. The number of sulfonamides is 1. The second kappa shape index (κ2) is 4.57. The number of rotatable bonds is 4. The molecule has 0 bridgehead atoms. The van der Waals surface area contributed by atoms with Crippen molar-refractivity contribution in [3.05, 3.63) is 0 Å². The van der Waals surface area contributed by atoms with Gasteiger partial charge in [-0.1, -0.05) is 0 Å². The molecule has 0 spiro atoms. The van der Waals surface area contributed by atoms with Crippen molar-refractivity contribution in [3.63, 3.8) is 0 Å². The molecule has 1 aliphatic carbocycles. The molecule has 1 saturated carbocycles. The van der Waals surface area contributed by atoms with Crippen LogP contribution in [0.3, 0.4) is 0 Å². The molecule has 1 amide bonds. The Morgan fingerprint density at radius 3 is 2.53 bits per heavy atom. The van der Waals surface area contributed by atoms with E-state index in [1.54, 1.807) is 11.9 Å². The molecule has 1 atom stereocenters. The molecule has 1 saturated heterocycles. The third-order valence-corrected chi connectivity index (χ3v) is 4.81. The Kier molecular flexibility index (Phi) is 3.45. The molecule has 1 heterocycles. The highest BCUT2D eigenvalue weighted by atomic mass is 32.2. The van der Waals surface area contributed by atoms with Gasteiger partial charge in [0.25, 0.3) is 0 Å². The molecular weight excluding hydrogens is 240 g/mol. The molecule has 1 aliphatic heterocycles. The summed E-state index contributed by atoms with van der Waals surface area (Å²) in [7, 11) is -1.48. The largest absolute Gasteiger partial charge is 0.344 e. The van der Waals surface area contributed by atoms with Gasteiger partial charge >= 0.3 is 0 Å². The third-order valence-electron chi connectivity index (χ3n) is 3.52. The van der Waals surface area contributed by atoms with Gasteiger partial charge in [-0.3, -0.25) is 4.79 Å². The Bertz CT molecular complexity index is 403. The zero-order valence-electron chi connectivity index (χ0n) is 10.4. The summed E-state index contributed by atoms with van der Waals surface area (Å²) in [6, 6.07) is -0.464. The Morgan fingerprint density at radius 1 is 1.35 bits per heavy atom. The average molecular weight is 260 g/mol. The zero-order chi connectivity index (χ0) is 12.6. The van der Waals surface area contributed by atoms with Crippen molar-refractivity contribution < 1.29 is 13.2 Å². The summed E-state index contributed by atoms with van der Waals surface area (Å²) in [6.07, 6.45) is 5.00. The topological polar surface area (TPSA) is 57.7 Å². The maximum absolute atomic E-state index is 12.2. The highest BCUT2D eigenvalue weighted by molar-refractivity contribution is 7.88. The predicted molar refractivity (Wildman–Crippen MR) is 64.9 cm³/mol. The molecule has 1 unspecified atom stereocenters. The molecular formula is C11H20N2O3S. The van der Waals surface area contributed by atoms with Gasteiger partial charge in [-0.25, -0.2) is 8.42 Å². The Labute approximate surface area is 103 Å². The molecule has 6 heteroatoms. The normalized spacial score (nSPS) is 26.1. The summed E-state index contributed by atoms with van der Waals surface area (Å²) in [4.78, 5) is 13.9. The Morgan fingerprint density at radius 2 is 2.00 bits per heavy atom. The summed E-state index contributed by atoms with van der Waals surface area (Å²) < 4.78 is 24.5. The first-order chi connectivity index (χ1) is 7.89. The summed E-state index contributed by atoms with van der Waals surface area (Å²) in [5.74, 6) is 0.594. The zero-order valence-corrected chi connectivity index (χ0v) is 11.2. The fraction of sp³-hybridized carbons (Fsp3) is 0.909. The monoisotopic (exact) mass is 260 g/mol. The maximum Gasteiger partial charge on any atom is 0.240 e. The van der Waals surface area contributed by atoms with Gasteiger partial charge in [-0.05, 0) is 31.6 Å². The molecule has 98 valence electrons. The fourth-order valence-electron chi connectivity index (χ4n) is 2.42. The van der Waals surface area contributed by atoms with E-state index >= 15 is 0 Å². The third kappa shape index (κ3) is 2.98. The van der Waals surface area contributed by atoms with Crippen LogP contribution in [0.4, 0.5) is 0 Å². The van der Waals surface area contributed by atoms with Crippen LogP contribution in [0.25, 0.3) is 0 Å². The van der Waals surface area contributed by atoms with Crippen molar-refractivity contribution in [1.82, 2.24) is 9.21 Å². The van der Waals surface area contributed by atoms with Crippen molar-refractivity contribution in [2.24, 2.45) is 5.92 Å². The van der Waals surface area contributed by atoms with E-state index in [0.717, 1.165) is 13.0 Å². The van der Waals surface area contributed by atoms with Crippen LogP contribution < -0.4 is 0 Å². The van der Waals surface area contributed by atoms with Crippen LogP contribution in [0, 0.1) is 5.92 Å². The summed E-state index contributed by atoms with van der Waals surface area (Å²) in [6.45, 7) is 1.25. The summed E-state index contributed by atoms with van der Waals surface area (Å²) >= 11 is 0. The Hall–Kier alpha value is -0.620. The van der Waals surface area contributed by atoms with Crippen LogP contribution in [0.5, 0.6) is 0 Å². The van der Waals surface area contributed by atoms with Crippen LogP contribution in [-0.2, 0) is 14.8 Å². The van der Waals surface area contributed by atoms with E-state index in [1.807, 2.05) is 0 Å². The molecule has 2 aliphatic rings. The minimum atomic E-state index is -3.26. The van der Waals surface area contributed by atoms with Crippen molar-refractivity contribution in [2.45, 2.75) is 31.7 Å². The van der Waals surface area contributed by atoms with Crippen LogP contribution >= 0.6 is 0 Å². The van der Waals surface area contributed by atoms with Crippen molar-refractivity contribution in [1.29, 1.82) is 0 Å². The number of hydrogen-bond acceptors (Lipinski definition) is 3. The van der Waals surface area contributed by atoms with Crippen LogP contribution in [0.2, 0.25) is 0 Å². The molecule has 17 heavy (non-hydrogen) atoms. The fourth-order valence-corrected chi connectivity index (χ4v) is 3.53. The molecule has 0 aromatic carbocycles. The van der Waals surface area contributed by atoms with Gasteiger partial charge in [0.2, 0.25) is 15.9 Å². The number of hydrogen-bond donors (Lipinski definition) is 0.